The van der Waals surface area contributed by atoms with Crippen molar-refractivity contribution in [3.63, 3.8) is 0 Å². The average Bonchev–Trinajstić information content (AvgIpc) is 3.50. The van der Waals surface area contributed by atoms with Crippen LogP contribution in [0.1, 0.15) is 18.2 Å². The van der Waals surface area contributed by atoms with E-state index in [0.29, 0.717) is 5.69 Å². The number of aliphatic hydroxyl groups excluding tert-OH is 2. The Hall–Kier alpha value is -3.90. The monoisotopic (exact) mass is 619 g/mol. The summed E-state index contributed by atoms with van der Waals surface area (Å²) in [5, 5.41) is 43.3. The SMILES string of the molecule is CO[C@H]1O[C@H](Cn2cc(COCCNC(=O)/C(C#N)=C/c3ccc4cc(N5CCN(C)CC5)ccc4c3)nn2)[C@@H](O)[C@H](C)[C@H]1O. The number of ether oxygens (including phenoxy) is 3. The first-order valence-corrected chi connectivity index (χ1v) is 15.1. The van der Waals surface area contributed by atoms with Crippen LogP contribution in [0.2, 0.25) is 0 Å². The molecule has 0 radical (unpaired) electrons. The van der Waals surface area contributed by atoms with E-state index in [1.54, 1.807) is 19.2 Å². The fourth-order valence-electron chi connectivity index (χ4n) is 5.57. The molecule has 2 aliphatic rings. The Morgan fingerprint density at radius 1 is 1.16 bits per heavy atom. The third-order valence-electron chi connectivity index (χ3n) is 8.41. The zero-order valence-corrected chi connectivity index (χ0v) is 25.9. The lowest BCUT2D eigenvalue weighted by molar-refractivity contribution is -0.277. The molecule has 13 heteroatoms. The maximum atomic E-state index is 12.7. The van der Waals surface area contributed by atoms with Gasteiger partial charge >= 0.3 is 0 Å². The summed E-state index contributed by atoms with van der Waals surface area (Å²) in [6, 6.07) is 14.3. The van der Waals surface area contributed by atoms with Crippen molar-refractivity contribution in [1.29, 1.82) is 5.26 Å². The van der Waals surface area contributed by atoms with E-state index in [9.17, 15) is 20.3 Å². The molecule has 3 N–H and O–H groups in total. The highest BCUT2D eigenvalue weighted by Gasteiger charge is 2.42. The highest BCUT2D eigenvalue weighted by molar-refractivity contribution is 6.02. The van der Waals surface area contributed by atoms with Crippen LogP contribution in [0.4, 0.5) is 5.69 Å². The normalized spacial score (nSPS) is 24.5. The number of carbonyl (C=O) groups is 1. The number of nitrogens with one attached hydrogen (secondary N) is 1. The fourth-order valence-corrected chi connectivity index (χ4v) is 5.57. The summed E-state index contributed by atoms with van der Waals surface area (Å²) in [4.78, 5) is 17.4. The number of piperazine rings is 1. The van der Waals surface area contributed by atoms with E-state index >= 15 is 0 Å². The van der Waals surface area contributed by atoms with Gasteiger partial charge in [-0.15, -0.1) is 5.10 Å². The Bertz CT molecular complexity index is 1530. The van der Waals surface area contributed by atoms with E-state index in [0.717, 1.165) is 42.5 Å². The number of methoxy groups -OCH3 is 1. The van der Waals surface area contributed by atoms with Gasteiger partial charge in [0.2, 0.25) is 0 Å². The van der Waals surface area contributed by atoms with Gasteiger partial charge in [-0.3, -0.25) is 4.79 Å². The molecule has 3 heterocycles. The lowest BCUT2D eigenvalue weighted by Crippen LogP contribution is -2.54. The second-order valence-electron chi connectivity index (χ2n) is 11.6. The van der Waals surface area contributed by atoms with Gasteiger partial charge in [-0.05, 0) is 47.7 Å². The Morgan fingerprint density at radius 2 is 1.91 bits per heavy atom. The Labute approximate surface area is 262 Å². The van der Waals surface area contributed by atoms with Crippen molar-refractivity contribution in [2.24, 2.45) is 5.92 Å². The molecule has 5 rings (SSSR count). The largest absolute Gasteiger partial charge is 0.390 e. The standard InChI is InChI=1S/C32H41N7O6/c1-21-29(40)28(45-32(43-3)30(21)41)19-39-18-26(35-36-39)20-44-13-8-34-31(42)25(17-33)15-22-4-5-24-16-27(7-6-23(24)14-22)38-11-9-37(2)10-12-38/h4-7,14-16,18,21,28-30,32,40-41H,8-13,19-20H2,1-3H3,(H,34,42)/b25-15+/t21-,28+,29-,30+,32-/m0/s1. The van der Waals surface area contributed by atoms with E-state index in [1.807, 2.05) is 24.3 Å². The third kappa shape index (κ3) is 8.04. The molecule has 45 heavy (non-hydrogen) atoms. The van der Waals surface area contributed by atoms with Crippen molar-refractivity contribution in [2.45, 2.75) is 44.7 Å². The molecule has 0 aliphatic carbocycles. The molecule has 0 spiro atoms. The van der Waals surface area contributed by atoms with E-state index in [4.69, 9.17) is 14.2 Å². The number of rotatable bonds is 11. The van der Waals surface area contributed by atoms with Crippen LogP contribution >= 0.6 is 0 Å². The lowest BCUT2D eigenvalue weighted by atomic mass is 9.90. The molecule has 2 saturated heterocycles. The average molecular weight is 620 g/mol. The molecule has 5 atom stereocenters. The van der Waals surface area contributed by atoms with Crippen LogP contribution in [0.15, 0.2) is 48.2 Å². The Morgan fingerprint density at radius 3 is 2.67 bits per heavy atom. The minimum atomic E-state index is -0.930. The smallest absolute Gasteiger partial charge is 0.262 e. The minimum Gasteiger partial charge on any atom is -0.390 e. The van der Waals surface area contributed by atoms with E-state index in [1.165, 1.54) is 17.5 Å². The number of anilines is 1. The highest BCUT2D eigenvalue weighted by Crippen LogP contribution is 2.27. The number of aliphatic hydroxyl groups is 2. The van der Waals surface area contributed by atoms with Crippen LogP contribution in [0.25, 0.3) is 16.8 Å². The van der Waals surface area contributed by atoms with Crippen molar-refractivity contribution in [3.8, 4) is 6.07 Å². The summed E-state index contributed by atoms with van der Waals surface area (Å²) >= 11 is 0. The molecule has 2 aromatic carbocycles. The van der Waals surface area contributed by atoms with Gasteiger partial charge in [-0.25, -0.2) is 4.68 Å². The maximum Gasteiger partial charge on any atom is 0.262 e. The van der Waals surface area contributed by atoms with Crippen molar-refractivity contribution >= 4 is 28.4 Å². The minimum absolute atomic E-state index is 0.0102. The quantitative estimate of drug-likeness (QED) is 0.161. The number of hydrogen-bond donors (Lipinski definition) is 3. The molecule has 0 unspecified atom stereocenters. The first-order valence-electron chi connectivity index (χ1n) is 15.1. The van der Waals surface area contributed by atoms with Crippen molar-refractivity contribution in [1.82, 2.24) is 25.2 Å². The van der Waals surface area contributed by atoms with E-state index in [2.05, 4.69) is 50.7 Å². The van der Waals surface area contributed by atoms with Gasteiger partial charge in [-0.2, -0.15) is 5.26 Å². The van der Waals surface area contributed by atoms with Gasteiger partial charge in [-0.1, -0.05) is 30.3 Å². The summed E-state index contributed by atoms with van der Waals surface area (Å²) < 4.78 is 18.0. The van der Waals surface area contributed by atoms with Gasteiger partial charge < -0.3 is 39.5 Å². The molecule has 3 aromatic rings. The van der Waals surface area contributed by atoms with E-state index < -0.39 is 36.4 Å². The molecule has 1 aromatic heterocycles. The van der Waals surface area contributed by atoms with E-state index in [-0.39, 0.29) is 31.9 Å². The number of hydrogen-bond acceptors (Lipinski definition) is 11. The number of benzene rings is 2. The molecular formula is C32H41N7O6. The van der Waals surface area contributed by atoms with Crippen LogP contribution in [0, 0.1) is 17.2 Å². The molecule has 1 amide bonds. The van der Waals surface area contributed by atoms with Crippen molar-refractivity contribution in [2.75, 3.05) is 58.4 Å². The molecule has 0 saturated carbocycles. The van der Waals surface area contributed by atoms with Crippen LogP contribution in [-0.2, 0) is 32.2 Å². The fraction of sp³-hybridized carbons (Fsp3) is 0.500. The molecule has 13 nitrogen and oxygen atoms in total. The predicted octanol–water partition coefficient (Wildman–Crippen LogP) is 1.15. The number of likely N-dealkylation sites (N-methyl/N-ethyl adjacent to an activating group) is 1. The van der Waals surface area contributed by atoms with Crippen LogP contribution in [-0.4, -0.2) is 114 Å². The summed E-state index contributed by atoms with van der Waals surface area (Å²) in [5.74, 6) is -0.905. The number of carbonyl (C=O) groups excluding carboxylic acids is 1. The summed E-state index contributed by atoms with van der Waals surface area (Å²) in [7, 11) is 3.58. The number of amides is 1. The summed E-state index contributed by atoms with van der Waals surface area (Å²) in [5.41, 5.74) is 2.55. The topological polar surface area (TPSA) is 158 Å². The molecule has 240 valence electrons. The van der Waals surface area contributed by atoms with Crippen LogP contribution < -0.4 is 10.2 Å². The zero-order chi connectivity index (χ0) is 31.9. The number of nitrogens with zero attached hydrogens (tertiary/aromatic N) is 6. The first kappa shape index (κ1) is 32.5. The van der Waals surface area contributed by atoms with Crippen LogP contribution in [0.5, 0.6) is 0 Å². The Balaban J connectivity index is 1.07. The van der Waals surface area contributed by atoms with Gasteiger partial charge in [0, 0.05) is 51.4 Å². The van der Waals surface area contributed by atoms with Gasteiger partial charge in [0.15, 0.2) is 6.29 Å². The van der Waals surface area contributed by atoms with Gasteiger partial charge in [0.05, 0.1) is 32.1 Å². The third-order valence-corrected chi connectivity index (χ3v) is 8.41. The van der Waals surface area contributed by atoms with Gasteiger partial charge in [0.25, 0.3) is 5.91 Å². The summed E-state index contributed by atoms with van der Waals surface area (Å²) in [6.07, 6.45) is -0.0184. The molecule has 2 aliphatic heterocycles. The zero-order valence-electron chi connectivity index (χ0n) is 25.9. The highest BCUT2D eigenvalue weighted by atomic mass is 16.7. The Kier molecular flexibility index (Phi) is 10.8. The lowest BCUT2D eigenvalue weighted by Gasteiger charge is -2.40. The second kappa shape index (κ2) is 14.9. The summed E-state index contributed by atoms with van der Waals surface area (Å²) in [6.45, 7) is 6.62. The van der Waals surface area contributed by atoms with Crippen LogP contribution in [0.3, 0.4) is 0 Å². The number of fused-ring (bicyclic) bond motifs is 1. The second-order valence-corrected chi connectivity index (χ2v) is 11.6. The number of nitriles is 1. The molecular weight excluding hydrogens is 578 g/mol. The predicted molar refractivity (Wildman–Crippen MR) is 167 cm³/mol. The van der Waals surface area contributed by atoms with Gasteiger partial charge in [0.1, 0.15) is 29.5 Å². The van der Waals surface area contributed by atoms with Crippen molar-refractivity contribution in [3.05, 3.63) is 59.4 Å². The molecule has 2 fully saturated rings. The molecule has 0 bridgehead atoms. The maximum absolute atomic E-state index is 12.7. The van der Waals surface area contributed by atoms with Crippen molar-refractivity contribution < 1.29 is 29.2 Å². The number of aromatic nitrogens is 3. The first-order chi connectivity index (χ1) is 21.7.